The molecule has 9 heteroatoms. The smallest absolute Gasteiger partial charge is 0.153 e. The van der Waals surface area contributed by atoms with Crippen LogP contribution >= 0.6 is 0 Å². The molecule has 1 aromatic carbocycles. The predicted molar refractivity (Wildman–Crippen MR) is 98.7 cm³/mol. The number of H-pyrrole nitrogens is 1. The maximum absolute atomic E-state index is 5.85. The number of hydrogen-bond acceptors (Lipinski definition) is 7. The summed E-state index contributed by atoms with van der Waals surface area (Å²) in [6.07, 6.45) is 5.62. The van der Waals surface area contributed by atoms with E-state index in [1.54, 1.807) is 25.7 Å². The number of nitrogens with zero attached hydrogens (tertiary/aromatic N) is 3. The molecule has 3 aromatic rings. The number of nitrogens with one attached hydrogen (secondary N) is 2. The topological polar surface area (TPSA) is 142 Å². The lowest BCUT2D eigenvalue weighted by molar-refractivity contribution is 0.312. The van der Waals surface area contributed by atoms with Crippen molar-refractivity contribution in [3.8, 4) is 22.8 Å². The summed E-state index contributed by atoms with van der Waals surface area (Å²) in [6, 6.07) is 7.52. The normalized spacial score (nSPS) is 10.1. The largest absolute Gasteiger partial charge is 0.496 e. The van der Waals surface area contributed by atoms with E-state index in [1.165, 1.54) is 0 Å². The van der Waals surface area contributed by atoms with Gasteiger partial charge in [-0.1, -0.05) is 6.07 Å². The van der Waals surface area contributed by atoms with Crippen LogP contribution in [0.3, 0.4) is 0 Å². The number of ether oxygens (including phenoxy) is 2. The number of hydrogen-bond donors (Lipinski definition) is 3. The zero-order chi connectivity index (χ0) is 17.5. The van der Waals surface area contributed by atoms with Crippen LogP contribution in [0, 0.1) is 0 Å². The van der Waals surface area contributed by atoms with E-state index in [1.807, 2.05) is 24.3 Å². The number of methoxy groups -OCH3 is 1. The van der Waals surface area contributed by atoms with Crippen molar-refractivity contribution in [2.75, 3.05) is 25.6 Å². The van der Waals surface area contributed by atoms with Gasteiger partial charge in [0.05, 0.1) is 31.2 Å². The van der Waals surface area contributed by atoms with Crippen molar-refractivity contribution >= 4 is 11.6 Å². The molecule has 9 nitrogen and oxygen atoms in total. The molecule has 6 N–H and O–H groups in total. The van der Waals surface area contributed by atoms with Gasteiger partial charge in [0.15, 0.2) is 5.82 Å². The molecule has 0 spiro atoms. The number of anilines is 2. The fourth-order valence-corrected chi connectivity index (χ4v) is 2.34. The Labute approximate surface area is 150 Å². The van der Waals surface area contributed by atoms with Crippen molar-refractivity contribution in [2.24, 2.45) is 5.73 Å². The van der Waals surface area contributed by atoms with Gasteiger partial charge in [0.2, 0.25) is 0 Å². The maximum Gasteiger partial charge on any atom is 0.153 e. The van der Waals surface area contributed by atoms with Crippen LogP contribution in [-0.4, -0.2) is 45.9 Å². The lowest BCUT2D eigenvalue weighted by Gasteiger charge is -2.13. The molecule has 0 saturated heterocycles. The summed E-state index contributed by atoms with van der Waals surface area (Å²) < 4.78 is 11.3. The predicted octanol–water partition coefficient (Wildman–Crippen LogP) is 1.52. The Morgan fingerprint density at radius 3 is 2.77 bits per heavy atom. The van der Waals surface area contributed by atoms with Crippen LogP contribution in [0.1, 0.15) is 6.42 Å². The SMILES string of the molecule is COc1cccc(OCCCN)c1-c1cc(Nc2cnccn2)n[nH]1.O. The van der Waals surface area contributed by atoms with Gasteiger partial charge in [-0.05, 0) is 25.1 Å². The van der Waals surface area contributed by atoms with Crippen LogP contribution in [0.25, 0.3) is 11.3 Å². The molecule has 2 aromatic heterocycles. The van der Waals surface area contributed by atoms with Crippen molar-refractivity contribution in [1.82, 2.24) is 20.2 Å². The van der Waals surface area contributed by atoms with Gasteiger partial charge in [-0.2, -0.15) is 5.10 Å². The third kappa shape index (κ3) is 4.47. The minimum absolute atomic E-state index is 0. The van der Waals surface area contributed by atoms with E-state index in [2.05, 4.69) is 25.5 Å². The van der Waals surface area contributed by atoms with Crippen molar-refractivity contribution in [2.45, 2.75) is 6.42 Å². The van der Waals surface area contributed by atoms with Gasteiger partial charge in [0, 0.05) is 18.5 Å². The first kappa shape index (κ1) is 19.2. The van der Waals surface area contributed by atoms with Crippen molar-refractivity contribution in [3.05, 3.63) is 42.9 Å². The summed E-state index contributed by atoms with van der Waals surface area (Å²) in [5.74, 6) is 2.64. The molecule has 0 radical (unpaired) electrons. The Bertz CT molecular complexity index is 809. The summed E-state index contributed by atoms with van der Waals surface area (Å²) in [5.41, 5.74) is 7.11. The molecule has 3 rings (SSSR count). The molecule has 0 amide bonds. The molecule has 0 atom stereocenters. The van der Waals surface area contributed by atoms with Gasteiger partial charge >= 0.3 is 0 Å². The third-order valence-corrected chi connectivity index (χ3v) is 3.48. The molecule has 0 fully saturated rings. The van der Waals surface area contributed by atoms with Crippen molar-refractivity contribution in [1.29, 1.82) is 0 Å². The Morgan fingerprint density at radius 1 is 1.19 bits per heavy atom. The first-order valence-corrected chi connectivity index (χ1v) is 7.90. The van der Waals surface area contributed by atoms with Crippen LogP contribution < -0.4 is 20.5 Å². The first-order chi connectivity index (χ1) is 12.3. The molecule has 0 unspecified atom stereocenters. The van der Waals surface area contributed by atoms with Crippen molar-refractivity contribution in [3.63, 3.8) is 0 Å². The van der Waals surface area contributed by atoms with Crippen LogP contribution in [0.2, 0.25) is 0 Å². The van der Waals surface area contributed by atoms with Crippen LogP contribution in [0.15, 0.2) is 42.9 Å². The second-order valence-electron chi connectivity index (χ2n) is 5.21. The van der Waals surface area contributed by atoms with Gasteiger partial charge in [0.1, 0.15) is 17.3 Å². The van der Waals surface area contributed by atoms with Gasteiger partial charge in [-0.25, -0.2) is 4.98 Å². The molecule has 0 bridgehead atoms. The van der Waals surface area contributed by atoms with Gasteiger partial charge in [-0.15, -0.1) is 0 Å². The van der Waals surface area contributed by atoms with E-state index in [9.17, 15) is 0 Å². The van der Waals surface area contributed by atoms with Crippen LogP contribution in [0.4, 0.5) is 11.6 Å². The average molecular weight is 358 g/mol. The van der Waals surface area contributed by atoms with Gasteiger partial charge in [-0.3, -0.25) is 10.1 Å². The van der Waals surface area contributed by atoms with Crippen molar-refractivity contribution < 1.29 is 14.9 Å². The minimum Gasteiger partial charge on any atom is -0.496 e. The highest BCUT2D eigenvalue weighted by molar-refractivity contribution is 5.76. The molecule has 0 aliphatic heterocycles. The van der Waals surface area contributed by atoms with E-state index < -0.39 is 0 Å². The highest BCUT2D eigenvalue weighted by Gasteiger charge is 2.15. The number of aromatic amines is 1. The monoisotopic (exact) mass is 358 g/mol. The second-order valence-corrected chi connectivity index (χ2v) is 5.21. The minimum atomic E-state index is 0. The molecule has 0 aliphatic carbocycles. The summed E-state index contributed by atoms with van der Waals surface area (Å²) in [7, 11) is 1.62. The average Bonchev–Trinajstić information content (AvgIpc) is 3.10. The van der Waals surface area contributed by atoms with E-state index in [4.69, 9.17) is 15.2 Å². The molecule has 138 valence electrons. The molecule has 26 heavy (non-hydrogen) atoms. The Morgan fingerprint density at radius 2 is 2.04 bits per heavy atom. The number of nitrogens with two attached hydrogens (primary N) is 1. The van der Waals surface area contributed by atoms with E-state index >= 15 is 0 Å². The zero-order valence-electron chi connectivity index (χ0n) is 14.4. The van der Waals surface area contributed by atoms with Gasteiger partial charge in [0.25, 0.3) is 0 Å². The zero-order valence-corrected chi connectivity index (χ0v) is 14.4. The number of benzene rings is 1. The number of aromatic nitrogens is 4. The van der Waals surface area contributed by atoms with Gasteiger partial charge < -0.3 is 26.0 Å². The highest BCUT2D eigenvalue weighted by Crippen LogP contribution is 2.38. The summed E-state index contributed by atoms with van der Waals surface area (Å²) in [4.78, 5) is 8.18. The van der Waals surface area contributed by atoms with E-state index in [0.717, 1.165) is 17.7 Å². The Hall–Kier alpha value is -3.17. The highest BCUT2D eigenvalue weighted by atomic mass is 16.5. The lowest BCUT2D eigenvalue weighted by Crippen LogP contribution is -2.07. The summed E-state index contributed by atoms with van der Waals surface area (Å²) in [5, 5.41) is 10.4. The molecular weight excluding hydrogens is 336 g/mol. The first-order valence-electron chi connectivity index (χ1n) is 7.90. The maximum atomic E-state index is 5.85. The van der Waals surface area contributed by atoms with E-state index in [0.29, 0.717) is 36.3 Å². The fraction of sp³-hybridized carbons (Fsp3) is 0.235. The third-order valence-electron chi connectivity index (χ3n) is 3.48. The molecule has 0 aliphatic rings. The second kappa shape index (κ2) is 9.35. The Kier molecular flexibility index (Phi) is 6.89. The Balaban J connectivity index is 0.00000243. The lowest BCUT2D eigenvalue weighted by atomic mass is 10.1. The van der Waals surface area contributed by atoms with Crippen LogP contribution in [-0.2, 0) is 0 Å². The summed E-state index contributed by atoms with van der Waals surface area (Å²) >= 11 is 0. The van der Waals surface area contributed by atoms with E-state index in [-0.39, 0.29) is 5.48 Å². The number of rotatable bonds is 8. The molecular formula is C17H22N6O3. The standard InChI is InChI=1S/C17H20N6O2.H2O/c1-24-13-4-2-5-14(25-9-3-6-18)17(13)12-10-15(23-22-12)21-16-11-19-7-8-20-16;/h2,4-5,7-8,10-11H,3,6,9,18H2,1H3,(H2,20,21,22,23);1H2. The summed E-state index contributed by atoms with van der Waals surface area (Å²) in [6.45, 7) is 1.12. The van der Waals surface area contributed by atoms with Crippen LogP contribution in [0.5, 0.6) is 11.5 Å². The fourth-order valence-electron chi connectivity index (χ4n) is 2.34. The molecule has 0 saturated carbocycles. The quantitative estimate of drug-likeness (QED) is 0.518. The molecule has 2 heterocycles.